The van der Waals surface area contributed by atoms with E-state index in [0.717, 1.165) is 19.5 Å². The third-order valence-electron chi connectivity index (χ3n) is 3.33. The highest BCUT2D eigenvalue weighted by Crippen LogP contribution is 2.15. The highest BCUT2D eigenvalue weighted by atomic mass is 16.5. The fourth-order valence-corrected chi connectivity index (χ4v) is 2.17. The van der Waals surface area contributed by atoms with Crippen molar-refractivity contribution < 1.29 is 19.1 Å². The molecule has 5 heteroatoms. The summed E-state index contributed by atoms with van der Waals surface area (Å²) in [4.78, 5) is 22.0. The first-order valence-electron chi connectivity index (χ1n) is 7.18. The van der Waals surface area contributed by atoms with Crippen LogP contribution in [-0.4, -0.2) is 38.2 Å². The molecule has 1 aliphatic rings. The Bertz CT molecular complexity index is 275. The van der Waals surface area contributed by atoms with Crippen molar-refractivity contribution in [1.82, 2.24) is 5.32 Å². The molecular weight excluding hydrogens is 246 g/mol. The maximum atomic E-state index is 11.4. The summed E-state index contributed by atoms with van der Waals surface area (Å²) < 4.78 is 9.99. The van der Waals surface area contributed by atoms with Crippen molar-refractivity contribution >= 4 is 11.9 Å². The second-order valence-electron chi connectivity index (χ2n) is 5.00. The van der Waals surface area contributed by atoms with E-state index < -0.39 is 0 Å². The second kappa shape index (κ2) is 9.78. The van der Waals surface area contributed by atoms with E-state index in [1.807, 2.05) is 0 Å². The SMILES string of the molecule is CC(=O)OCCCCC(=O)OCCC1CCNCC1. The van der Waals surface area contributed by atoms with E-state index >= 15 is 0 Å². The number of carbonyl (C=O) groups is 2. The average molecular weight is 271 g/mol. The number of rotatable bonds is 8. The van der Waals surface area contributed by atoms with Crippen molar-refractivity contribution in [1.29, 1.82) is 0 Å². The molecule has 5 nitrogen and oxygen atoms in total. The van der Waals surface area contributed by atoms with Crippen LogP contribution in [0.3, 0.4) is 0 Å². The molecule has 110 valence electrons. The van der Waals surface area contributed by atoms with Crippen LogP contribution in [0.15, 0.2) is 0 Å². The lowest BCUT2D eigenvalue weighted by molar-refractivity contribution is -0.144. The molecular formula is C14H25NO4. The molecule has 0 radical (unpaired) electrons. The average Bonchev–Trinajstić information content (AvgIpc) is 2.39. The Morgan fingerprint density at radius 2 is 1.84 bits per heavy atom. The molecule has 0 aromatic heterocycles. The molecule has 1 aliphatic heterocycles. The highest BCUT2D eigenvalue weighted by Gasteiger charge is 2.13. The van der Waals surface area contributed by atoms with Crippen LogP contribution in [0.2, 0.25) is 0 Å². The van der Waals surface area contributed by atoms with Gasteiger partial charge in [-0.15, -0.1) is 0 Å². The minimum absolute atomic E-state index is 0.142. The number of unbranched alkanes of at least 4 members (excludes halogenated alkanes) is 1. The number of esters is 2. The van der Waals surface area contributed by atoms with Gasteiger partial charge in [0.1, 0.15) is 0 Å². The zero-order valence-corrected chi connectivity index (χ0v) is 11.8. The highest BCUT2D eigenvalue weighted by molar-refractivity contribution is 5.69. The maximum Gasteiger partial charge on any atom is 0.305 e. The van der Waals surface area contributed by atoms with Gasteiger partial charge < -0.3 is 14.8 Å². The van der Waals surface area contributed by atoms with E-state index in [-0.39, 0.29) is 11.9 Å². The summed E-state index contributed by atoms with van der Waals surface area (Å²) in [5.41, 5.74) is 0. The molecule has 0 aromatic rings. The van der Waals surface area contributed by atoms with E-state index in [2.05, 4.69) is 5.32 Å². The van der Waals surface area contributed by atoms with Crippen LogP contribution in [0.1, 0.15) is 45.4 Å². The third kappa shape index (κ3) is 8.59. The van der Waals surface area contributed by atoms with E-state index in [9.17, 15) is 9.59 Å². The van der Waals surface area contributed by atoms with Crippen molar-refractivity contribution in [2.45, 2.75) is 45.4 Å². The van der Waals surface area contributed by atoms with Crippen LogP contribution in [-0.2, 0) is 19.1 Å². The largest absolute Gasteiger partial charge is 0.466 e. The summed E-state index contributed by atoms with van der Waals surface area (Å²) in [5.74, 6) is 0.277. The van der Waals surface area contributed by atoms with Gasteiger partial charge in [0, 0.05) is 13.3 Å². The van der Waals surface area contributed by atoms with Crippen LogP contribution < -0.4 is 5.32 Å². The molecule has 1 heterocycles. The zero-order chi connectivity index (χ0) is 13.9. The van der Waals surface area contributed by atoms with Crippen LogP contribution in [0, 0.1) is 5.92 Å². The zero-order valence-electron chi connectivity index (χ0n) is 11.8. The van der Waals surface area contributed by atoms with Gasteiger partial charge in [-0.3, -0.25) is 9.59 Å². The summed E-state index contributed by atoms with van der Waals surface area (Å²) in [6.07, 6.45) is 5.16. The fourth-order valence-electron chi connectivity index (χ4n) is 2.17. The van der Waals surface area contributed by atoms with Gasteiger partial charge in [0.25, 0.3) is 0 Å². The van der Waals surface area contributed by atoms with Gasteiger partial charge in [0.05, 0.1) is 13.2 Å². The van der Waals surface area contributed by atoms with Crippen molar-refractivity contribution in [3.05, 3.63) is 0 Å². The Labute approximate surface area is 115 Å². The molecule has 19 heavy (non-hydrogen) atoms. The molecule has 0 saturated carbocycles. The topological polar surface area (TPSA) is 64.6 Å². The molecule has 0 aromatic carbocycles. The van der Waals surface area contributed by atoms with Gasteiger partial charge in [-0.1, -0.05) is 0 Å². The van der Waals surface area contributed by atoms with E-state index in [0.29, 0.717) is 38.4 Å². The van der Waals surface area contributed by atoms with Crippen molar-refractivity contribution in [3.63, 3.8) is 0 Å². The Hall–Kier alpha value is -1.10. The lowest BCUT2D eigenvalue weighted by Gasteiger charge is -2.22. The number of ether oxygens (including phenoxy) is 2. The number of hydrogen-bond acceptors (Lipinski definition) is 5. The predicted octanol–water partition coefficient (Wildman–Crippen LogP) is 1.65. The quantitative estimate of drug-likeness (QED) is 0.537. The molecule has 1 fully saturated rings. The Morgan fingerprint density at radius 1 is 1.11 bits per heavy atom. The summed E-state index contributed by atoms with van der Waals surface area (Å²) in [6.45, 7) is 4.46. The van der Waals surface area contributed by atoms with Gasteiger partial charge in [-0.2, -0.15) is 0 Å². The normalized spacial score (nSPS) is 16.1. The van der Waals surface area contributed by atoms with E-state index in [1.54, 1.807) is 0 Å². The molecule has 0 unspecified atom stereocenters. The van der Waals surface area contributed by atoms with Gasteiger partial charge >= 0.3 is 11.9 Å². The van der Waals surface area contributed by atoms with Crippen LogP contribution in [0.4, 0.5) is 0 Å². The lowest BCUT2D eigenvalue weighted by Crippen LogP contribution is -2.28. The van der Waals surface area contributed by atoms with Crippen LogP contribution >= 0.6 is 0 Å². The molecule has 0 amide bonds. The van der Waals surface area contributed by atoms with E-state index in [4.69, 9.17) is 9.47 Å². The molecule has 1 N–H and O–H groups in total. The second-order valence-corrected chi connectivity index (χ2v) is 5.00. The first kappa shape index (κ1) is 16.0. The fraction of sp³-hybridized carbons (Fsp3) is 0.857. The van der Waals surface area contributed by atoms with Crippen LogP contribution in [0.5, 0.6) is 0 Å². The van der Waals surface area contributed by atoms with Gasteiger partial charge in [-0.05, 0) is 51.1 Å². The molecule has 0 bridgehead atoms. The summed E-state index contributed by atoms with van der Waals surface area (Å²) in [7, 11) is 0. The van der Waals surface area contributed by atoms with Crippen LogP contribution in [0.25, 0.3) is 0 Å². The van der Waals surface area contributed by atoms with Crippen molar-refractivity contribution in [2.75, 3.05) is 26.3 Å². The Morgan fingerprint density at radius 3 is 2.53 bits per heavy atom. The maximum absolute atomic E-state index is 11.4. The third-order valence-corrected chi connectivity index (χ3v) is 3.33. The number of hydrogen-bond donors (Lipinski definition) is 1. The number of carbonyl (C=O) groups excluding carboxylic acids is 2. The number of piperidine rings is 1. The summed E-state index contributed by atoms with van der Waals surface area (Å²) >= 11 is 0. The molecule has 1 saturated heterocycles. The van der Waals surface area contributed by atoms with Gasteiger partial charge in [-0.25, -0.2) is 0 Å². The molecule has 0 atom stereocenters. The summed E-state index contributed by atoms with van der Waals surface area (Å²) in [6, 6.07) is 0. The van der Waals surface area contributed by atoms with Gasteiger partial charge in [0.15, 0.2) is 0 Å². The molecule has 0 spiro atoms. The minimum atomic E-state index is -0.274. The smallest absolute Gasteiger partial charge is 0.305 e. The van der Waals surface area contributed by atoms with Crippen molar-refractivity contribution in [3.8, 4) is 0 Å². The first-order chi connectivity index (χ1) is 9.18. The van der Waals surface area contributed by atoms with E-state index in [1.165, 1.54) is 19.8 Å². The Balaban J connectivity index is 1.91. The summed E-state index contributed by atoms with van der Waals surface area (Å²) in [5, 5.41) is 3.32. The minimum Gasteiger partial charge on any atom is -0.466 e. The van der Waals surface area contributed by atoms with Crippen molar-refractivity contribution in [2.24, 2.45) is 5.92 Å². The number of nitrogens with one attached hydrogen (secondary N) is 1. The first-order valence-corrected chi connectivity index (χ1v) is 7.18. The van der Waals surface area contributed by atoms with Gasteiger partial charge in [0.2, 0.25) is 0 Å². The Kier molecular flexibility index (Phi) is 8.21. The molecule has 1 rings (SSSR count). The monoisotopic (exact) mass is 271 g/mol. The standard InChI is InChI=1S/C14H25NO4/c1-12(16)18-10-3-2-4-14(17)19-11-7-13-5-8-15-9-6-13/h13,15H,2-11H2,1H3. The predicted molar refractivity (Wildman–Crippen MR) is 71.7 cm³/mol. The lowest BCUT2D eigenvalue weighted by atomic mass is 9.95. The molecule has 0 aliphatic carbocycles.